The van der Waals surface area contributed by atoms with Crippen molar-refractivity contribution in [3.05, 3.63) is 0 Å². The summed E-state index contributed by atoms with van der Waals surface area (Å²) < 4.78 is 4.93. The van der Waals surface area contributed by atoms with Gasteiger partial charge in [0, 0.05) is 0 Å². The smallest absolute Gasteiger partial charge is 0.414 e. The fourth-order valence-electron chi connectivity index (χ4n) is 1.00. The Balaban J connectivity index is 2.29. The summed E-state index contributed by atoms with van der Waals surface area (Å²) in [5.74, 6) is -0.314. The van der Waals surface area contributed by atoms with E-state index in [4.69, 9.17) is 4.74 Å². The molecular formula is C9H16N2O3. The number of alkyl carbamates (subject to hydrolysis) is 1. The number of carbonyl (C=O) groups is 2. The summed E-state index contributed by atoms with van der Waals surface area (Å²) >= 11 is 0. The van der Waals surface area contributed by atoms with Crippen LogP contribution in [0, 0.1) is 0 Å². The summed E-state index contributed by atoms with van der Waals surface area (Å²) in [4.78, 5) is 22.4. The van der Waals surface area contributed by atoms with Crippen molar-refractivity contribution < 1.29 is 14.3 Å². The summed E-state index contributed by atoms with van der Waals surface area (Å²) in [5.41, 5.74) is -0.572. The Labute approximate surface area is 83.2 Å². The number of amides is 2. The molecule has 0 unspecified atom stereocenters. The zero-order valence-electron chi connectivity index (χ0n) is 8.72. The maximum atomic E-state index is 11.2. The Morgan fingerprint density at radius 1 is 1.43 bits per heavy atom. The molecule has 5 heteroatoms. The van der Waals surface area contributed by atoms with Gasteiger partial charge in [0.2, 0.25) is 5.91 Å². The molecule has 5 nitrogen and oxygen atoms in total. The van der Waals surface area contributed by atoms with E-state index in [0.717, 1.165) is 13.0 Å². The fourth-order valence-corrected chi connectivity index (χ4v) is 1.00. The average molecular weight is 200 g/mol. The second-order valence-corrected chi connectivity index (χ2v) is 4.29. The zero-order chi connectivity index (χ0) is 10.8. The van der Waals surface area contributed by atoms with E-state index >= 15 is 0 Å². The van der Waals surface area contributed by atoms with Crippen molar-refractivity contribution in [3.63, 3.8) is 0 Å². The number of ether oxygens (including phenoxy) is 1. The van der Waals surface area contributed by atoms with Gasteiger partial charge in [0.15, 0.2) is 0 Å². The van der Waals surface area contributed by atoms with Crippen LogP contribution >= 0.6 is 0 Å². The van der Waals surface area contributed by atoms with Crippen LogP contribution in [0.2, 0.25) is 0 Å². The van der Waals surface area contributed by atoms with E-state index < -0.39 is 11.7 Å². The number of rotatable bonds is 1. The number of hydrogen-bond donors (Lipinski definition) is 2. The number of carbonyl (C=O) groups excluding carboxylic acids is 2. The average Bonchev–Trinajstić information content (AvgIpc) is 1.75. The topological polar surface area (TPSA) is 67.4 Å². The van der Waals surface area contributed by atoms with Gasteiger partial charge < -0.3 is 10.1 Å². The normalized spacial score (nSPS) is 20.9. The Bertz CT molecular complexity index is 241. The van der Waals surface area contributed by atoms with Gasteiger partial charge in [-0.15, -0.1) is 0 Å². The lowest BCUT2D eigenvalue weighted by Gasteiger charge is -2.26. The first-order chi connectivity index (χ1) is 6.38. The molecule has 1 aliphatic rings. The number of nitrogens with one attached hydrogen (secondary N) is 2. The summed E-state index contributed by atoms with van der Waals surface area (Å²) in [5, 5.41) is 5.07. The highest BCUT2D eigenvalue weighted by atomic mass is 16.6. The molecule has 14 heavy (non-hydrogen) atoms. The second-order valence-electron chi connectivity index (χ2n) is 4.29. The Morgan fingerprint density at radius 2 is 2.00 bits per heavy atom. The van der Waals surface area contributed by atoms with E-state index in [1.165, 1.54) is 0 Å². The molecule has 0 aromatic rings. The highest BCUT2D eigenvalue weighted by Crippen LogP contribution is 2.07. The molecule has 2 amide bonds. The van der Waals surface area contributed by atoms with Crippen molar-refractivity contribution in [2.45, 2.75) is 38.8 Å². The lowest BCUT2D eigenvalue weighted by molar-refractivity contribution is -0.124. The molecule has 0 saturated carbocycles. The summed E-state index contributed by atoms with van der Waals surface area (Å²) in [6.07, 6.45) is 0.0884. The van der Waals surface area contributed by atoms with Gasteiger partial charge in [0.05, 0.1) is 6.04 Å². The van der Waals surface area contributed by atoms with Crippen molar-refractivity contribution in [3.8, 4) is 0 Å². The molecule has 80 valence electrons. The molecule has 1 aliphatic heterocycles. The minimum Gasteiger partial charge on any atom is -0.444 e. The van der Waals surface area contributed by atoms with E-state index in [0.29, 0.717) is 0 Å². The third-order valence-electron chi connectivity index (χ3n) is 1.76. The van der Waals surface area contributed by atoms with E-state index in [-0.39, 0.29) is 11.9 Å². The zero-order valence-corrected chi connectivity index (χ0v) is 8.72. The Kier molecular flexibility index (Phi) is 3.10. The van der Waals surface area contributed by atoms with Gasteiger partial charge >= 0.3 is 6.09 Å². The summed E-state index contributed by atoms with van der Waals surface area (Å²) in [6.45, 7) is 6.07. The lowest BCUT2D eigenvalue weighted by atomic mass is 10.1. The van der Waals surface area contributed by atoms with Crippen LogP contribution in [-0.4, -0.2) is 30.2 Å². The monoisotopic (exact) mass is 200 g/mol. The molecule has 2 N–H and O–H groups in total. The SMILES string of the molecule is CC(C)(C)OC(=O)NC(=O)[C@@H]1CCN1. The van der Waals surface area contributed by atoms with Crippen LogP contribution in [-0.2, 0) is 9.53 Å². The summed E-state index contributed by atoms with van der Waals surface area (Å²) in [6, 6.07) is -0.234. The second kappa shape index (κ2) is 3.96. The van der Waals surface area contributed by atoms with Crippen LogP contribution in [0.15, 0.2) is 0 Å². The minimum atomic E-state index is -0.684. The molecule has 1 heterocycles. The quantitative estimate of drug-likeness (QED) is 0.643. The van der Waals surface area contributed by atoms with Gasteiger partial charge in [-0.05, 0) is 33.7 Å². The maximum absolute atomic E-state index is 11.2. The molecule has 0 aromatic carbocycles. The van der Waals surface area contributed by atoms with E-state index in [2.05, 4.69) is 10.6 Å². The Morgan fingerprint density at radius 3 is 2.36 bits per heavy atom. The predicted octanol–water partition coefficient (Wildman–Crippen LogP) is 0.400. The Hall–Kier alpha value is -1.10. The van der Waals surface area contributed by atoms with Gasteiger partial charge in [-0.2, -0.15) is 0 Å². The maximum Gasteiger partial charge on any atom is 0.414 e. The standard InChI is InChI=1S/C9H16N2O3/c1-9(2,3)14-8(13)11-7(12)6-4-5-10-6/h6,10H,4-5H2,1-3H3,(H,11,12,13)/t6-/m0/s1. The first kappa shape index (κ1) is 11.0. The highest BCUT2D eigenvalue weighted by molar-refractivity contribution is 5.95. The molecular weight excluding hydrogens is 184 g/mol. The van der Waals surface area contributed by atoms with Crippen molar-refractivity contribution >= 4 is 12.0 Å². The molecule has 1 fully saturated rings. The first-order valence-corrected chi connectivity index (χ1v) is 4.66. The number of imide groups is 1. The van der Waals surface area contributed by atoms with Crippen molar-refractivity contribution in [1.82, 2.24) is 10.6 Å². The van der Waals surface area contributed by atoms with Crippen LogP contribution in [0.3, 0.4) is 0 Å². The minimum absolute atomic E-state index is 0.234. The van der Waals surface area contributed by atoms with Crippen molar-refractivity contribution in [2.24, 2.45) is 0 Å². The van der Waals surface area contributed by atoms with E-state index in [9.17, 15) is 9.59 Å². The van der Waals surface area contributed by atoms with E-state index in [1.54, 1.807) is 20.8 Å². The molecule has 0 bridgehead atoms. The molecule has 1 rings (SSSR count). The molecule has 0 radical (unpaired) electrons. The van der Waals surface area contributed by atoms with Gasteiger partial charge in [-0.25, -0.2) is 4.79 Å². The molecule has 0 spiro atoms. The van der Waals surface area contributed by atoms with Crippen molar-refractivity contribution in [2.75, 3.05) is 6.54 Å². The van der Waals surface area contributed by atoms with Crippen LogP contribution in [0.25, 0.3) is 0 Å². The van der Waals surface area contributed by atoms with Crippen LogP contribution in [0.5, 0.6) is 0 Å². The first-order valence-electron chi connectivity index (χ1n) is 4.66. The predicted molar refractivity (Wildman–Crippen MR) is 50.8 cm³/mol. The van der Waals surface area contributed by atoms with Gasteiger partial charge in [0.1, 0.15) is 5.60 Å². The van der Waals surface area contributed by atoms with E-state index in [1.807, 2.05) is 0 Å². The highest BCUT2D eigenvalue weighted by Gasteiger charge is 2.27. The van der Waals surface area contributed by atoms with Gasteiger partial charge in [0.25, 0.3) is 0 Å². The van der Waals surface area contributed by atoms with Gasteiger partial charge in [-0.1, -0.05) is 0 Å². The number of hydrogen-bond acceptors (Lipinski definition) is 4. The van der Waals surface area contributed by atoms with Crippen LogP contribution in [0.1, 0.15) is 27.2 Å². The third-order valence-corrected chi connectivity index (χ3v) is 1.76. The molecule has 1 saturated heterocycles. The van der Waals surface area contributed by atoms with Crippen LogP contribution in [0.4, 0.5) is 4.79 Å². The molecule has 0 aliphatic carbocycles. The largest absolute Gasteiger partial charge is 0.444 e. The molecule has 0 aromatic heterocycles. The van der Waals surface area contributed by atoms with Crippen LogP contribution < -0.4 is 10.6 Å². The van der Waals surface area contributed by atoms with Gasteiger partial charge in [-0.3, -0.25) is 10.1 Å². The van der Waals surface area contributed by atoms with Crippen molar-refractivity contribution in [1.29, 1.82) is 0 Å². The third kappa shape index (κ3) is 3.33. The fraction of sp³-hybridized carbons (Fsp3) is 0.778. The molecule has 1 atom stereocenters. The summed E-state index contributed by atoms with van der Waals surface area (Å²) in [7, 11) is 0. The lowest BCUT2D eigenvalue weighted by Crippen LogP contribution is -2.54.